The summed E-state index contributed by atoms with van der Waals surface area (Å²) in [5.41, 5.74) is 1.83. The van der Waals surface area contributed by atoms with Crippen molar-refractivity contribution in [3.8, 4) is 0 Å². The van der Waals surface area contributed by atoms with Gasteiger partial charge in [-0.1, -0.05) is 13.0 Å². The second-order valence-corrected chi connectivity index (χ2v) is 7.38. The monoisotopic (exact) mass is 287 g/mol. The normalized spacial score (nSPS) is 15.2. The number of halogens is 1. The van der Waals surface area contributed by atoms with Gasteiger partial charge in [0.2, 0.25) is 0 Å². The topological polar surface area (TPSA) is 46.2 Å². The first-order chi connectivity index (χ1) is 8.75. The first-order valence-corrected chi connectivity index (χ1v) is 8.38. The summed E-state index contributed by atoms with van der Waals surface area (Å²) in [5, 5.41) is 2.73. The first-order valence-electron chi connectivity index (χ1n) is 6.43. The number of likely N-dealkylation sites (N-methyl/N-ethyl adjacent to an activating group) is 1. The van der Waals surface area contributed by atoms with Crippen molar-refractivity contribution >= 4 is 9.84 Å². The van der Waals surface area contributed by atoms with Gasteiger partial charge in [0.15, 0.2) is 9.84 Å². The van der Waals surface area contributed by atoms with E-state index in [1.807, 2.05) is 13.8 Å². The highest BCUT2D eigenvalue weighted by atomic mass is 32.2. The van der Waals surface area contributed by atoms with Crippen molar-refractivity contribution in [1.29, 1.82) is 0 Å². The number of sulfone groups is 1. The Kier molecular flexibility index (Phi) is 5.50. The average molecular weight is 287 g/mol. The molecular formula is C14H22FNO2S. The maximum absolute atomic E-state index is 13.1. The Labute approximate surface area is 115 Å². The third kappa shape index (κ3) is 4.58. The van der Waals surface area contributed by atoms with E-state index in [0.717, 1.165) is 11.1 Å². The lowest BCUT2D eigenvalue weighted by Gasteiger charge is -2.24. The van der Waals surface area contributed by atoms with Gasteiger partial charge in [-0.3, -0.25) is 0 Å². The Balaban J connectivity index is 2.96. The molecule has 0 amide bonds. The molecular weight excluding hydrogens is 265 g/mol. The molecule has 1 rings (SSSR count). The molecule has 2 unspecified atom stereocenters. The molecule has 1 aromatic carbocycles. The molecule has 19 heavy (non-hydrogen) atoms. The summed E-state index contributed by atoms with van der Waals surface area (Å²) < 4.78 is 36.4. The van der Waals surface area contributed by atoms with Gasteiger partial charge in [-0.05, 0) is 50.1 Å². The van der Waals surface area contributed by atoms with E-state index in [9.17, 15) is 12.8 Å². The summed E-state index contributed by atoms with van der Waals surface area (Å²) in [6, 6.07) is 4.45. The largest absolute Gasteiger partial charge is 0.313 e. The highest BCUT2D eigenvalue weighted by Gasteiger charge is 2.25. The van der Waals surface area contributed by atoms with E-state index < -0.39 is 15.1 Å². The van der Waals surface area contributed by atoms with Crippen LogP contribution >= 0.6 is 0 Å². The molecule has 0 radical (unpaired) electrons. The minimum atomic E-state index is -3.10. The van der Waals surface area contributed by atoms with E-state index in [4.69, 9.17) is 0 Å². The number of rotatable bonds is 6. The molecule has 0 heterocycles. The minimum absolute atomic E-state index is 0.163. The number of aryl methyl sites for hydroxylation is 1. The van der Waals surface area contributed by atoms with Crippen molar-refractivity contribution in [1.82, 2.24) is 5.32 Å². The van der Waals surface area contributed by atoms with Crippen LogP contribution in [0.25, 0.3) is 0 Å². The average Bonchev–Trinajstić information content (AvgIpc) is 2.29. The highest BCUT2D eigenvalue weighted by Crippen LogP contribution is 2.16. The van der Waals surface area contributed by atoms with Gasteiger partial charge >= 0.3 is 0 Å². The van der Waals surface area contributed by atoms with Crippen LogP contribution < -0.4 is 5.32 Å². The Morgan fingerprint density at radius 2 is 2.00 bits per heavy atom. The summed E-state index contributed by atoms with van der Waals surface area (Å²) in [5.74, 6) is -0.266. The molecule has 3 nitrogen and oxygen atoms in total. The van der Waals surface area contributed by atoms with E-state index >= 15 is 0 Å². The predicted octanol–water partition coefficient (Wildman–Crippen LogP) is 2.09. The summed E-state index contributed by atoms with van der Waals surface area (Å²) in [7, 11) is -3.10. The Bertz CT molecular complexity index is 528. The maximum Gasteiger partial charge on any atom is 0.151 e. The summed E-state index contributed by atoms with van der Waals surface area (Å²) in [6.45, 7) is 6.19. The van der Waals surface area contributed by atoms with Gasteiger partial charge in [0.25, 0.3) is 0 Å². The molecule has 0 bridgehead atoms. The molecule has 0 aliphatic heterocycles. The van der Waals surface area contributed by atoms with Crippen LogP contribution in [0.1, 0.15) is 25.0 Å². The standard InChI is InChI=1S/C14H22FNO2S/c1-5-16-14(11(3)19(4,17)18)9-12-6-7-13(15)8-10(12)2/h6-8,11,14,16H,5,9H2,1-4H3. The third-order valence-corrected chi connectivity index (χ3v) is 5.13. The van der Waals surface area contributed by atoms with Crippen molar-refractivity contribution in [2.75, 3.05) is 12.8 Å². The number of hydrogen-bond donors (Lipinski definition) is 1. The maximum atomic E-state index is 13.1. The van der Waals surface area contributed by atoms with Gasteiger partial charge in [0, 0.05) is 12.3 Å². The van der Waals surface area contributed by atoms with Gasteiger partial charge in [0.1, 0.15) is 5.82 Å². The molecule has 0 fully saturated rings. The summed E-state index contributed by atoms with van der Waals surface area (Å²) in [4.78, 5) is 0. The summed E-state index contributed by atoms with van der Waals surface area (Å²) >= 11 is 0. The van der Waals surface area contributed by atoms with E-state index in [0.29, 0.717) is 13.0 Å². The fourth-order valence-corrected chi connectivity index (χ4v) is 2.88. The zero-order chi connectivity index (χ0) is 14.6. The molecule has 5 heteroatoms. The lowest BCUT2D eigenvalue weighted by atomic mass is 9.99. The van der Waals surface area contributed by atoms with Crippen LogP contribution in [0.5, 0.6) is 0 Å². The summed E-state index contributed by atoms with van der Waals surface area (Å²) in [6.07, 6.45) is 1.83. The zero-order valence-electron chi connectivity index (χ0n) is 11.9. The van der Waals surface area contributed by atoms with Crippen LogP contribution in [0.4, 0.5) is 4.39 Å². The molecule has 0 saturated carbocycles. The Morgan fingerprint density at radius 1 is 1.37 bits per heavy atom. The molecule has 0 spiro atoms. The second-order valence-electron chi connectivity index (χ2n) is 4.97. The second kappa shape index (κ2) is 6.48. The Morgan fingerprint density at radius 3 is 2.47 bits per heavy atom. The van der Waals surface area contributed by atoms with Gasteiger partial charge < -0.3 is 5.32 Å². The molecule has 0 aliphatic carbocycles. The van der Waals surface area contributed by atoms with Crippen molar-refractivity contribution < 1.29 is 12.8 Å². The van der Waals surface area contributed by atoms with Crippen molar-refractivity contribution in [3.63, 3.8) is 0 Å². The molecule has 1 aromatic rings. The molecule has 0 aromatic heterocycles. The molecule has 1 N–H and O–H groups in total. The smallest absolute Gasteiger partial charge is 0.151 e. The zero-order valence-corrected chi connectivity index (χ0v) is 12.7. The van der Waals surface area contributed by atoms with Crippen molar-refractivity contribution in [3.05, 3.63) is 35.1 Å². The predicted molar refractivity (Wildman–Crippen MR) is 76.6 cm³/mol. The third-order valence-electron chi connectivity index (χ3n) is 3.45. The van der Waals surface area contributed by atoms with Crippen molar-refractivity contribution in [2.45, 2.75) is 38.5 Å². The lowest BCUT2D eigenvalue weighted by Crippen LogP contribution is -2.43. The van der Waals surface area contributed by atoms with Gasteiger partial charge in [-0.15, -0.1) is 0 Å². The van der Waals surface area contributed by atoms with Crippen LogP contribution in [0.2, 0.25) is 0 Å². The van der Waals surface area contributed by atoms with Gasteiger partial charge in [-0.2, -0.15) is 0 Å². The van der Waals surface area contributed by atoms with Crippen LogP contribution in [-0.2, 0) is 16.3 Å². The highest BCUT2D eigenvalue weighted by molar-refractivity contribution is 7.91. The van der Waals surface area contributed by atoms with Crippen LogP contribution in [0, 0.1) is 12.7 Å². The molecule has 0 aliphatic rings. The van der Waals surface area contributed by atoms with Gasteiger partial charge in [0.05, 0.1) is 5.25 Å². The SMILES string of the molecule is CCNC(Cc1ccc(F)cc1C)C(C)S(C)(=O)=O. The van der Waals surface area contributed by atoms with E-state index in [-0.39, 0.29) is 11.9 Å². The lowest BCUT2D eigenvalue weighted by molar-refractivity contribution is 0.492. The molecule has 108 valence electrons. The fourth-order valence-electron chi connectivity index (χ4n) is 2.09. The molecule has 2 atom stereocenters. The Hall–Kier alpha value is -0.940. The number of nitrogens with one attached hydrogen (secondary N) is 1. The van der Waals surface area contributed by atoms with E-state index in [2.05, 4.69) is 5.32 Å². The van der Waals surface area contributed by atoms with Gasteiger partial charge in [-0.25, -0.2) is 12.8 Å². The van der Waals surface area contributed by atoms with E-state index in [1.165, 1.54) is 18.4 Å². The quantitative estimate of drug-likeness (QED) is 0.871. The molecule has 0 saturated heterocycles. The van der Waals surface area contributed by atoms with Crippen molar-refractivity contribution in [2.24, 2.45) is 0 Å². The van der Waals surface area contributed by atoms with Crippen LogP contribution in [0.15, 0.2) is 18.2 Å². The van der Waals surface area contributed by atoms with Crippen LogP contribution in [-0.4, -0.2) is 32.5 Å². The fraction of sp³-hybridized carbons (Fsp3) is 0.571. The minimum Gasteiger partial charge on any atom is -0.313 e. The van der Waals surface area contributed by atoms with Crippen LogP contribution in [0.3, 0.4) is 0 Å². The van der Waals surface area contributed by atoms with E-state index in [1.54, 1.807) is 13.0 Å². The number of hydrogen-bond acceptors (Lipinski definition) is 3. The number of benzene rings is 1. The first kappa shape index (κ1) is 16.1.